The number of carbonyl (C=O) groups is 1. The predicted octanol–water partition coefficient (Wildman–Crippen LogP) is 3.02. The molecule has 0 aromatic carbocycles. The van der Waals surface area contributed by atoms with Crippen LogP contribution in [0.25, 0.3) is 0 Å². The smallest absolute Gasteiger partial charge is 0.222 e. The Labute approximate surface area is 167 Å². The molecule has 0 saturated carbocycles. The minimum absolute atomic E-state index is 0.238. The van der Waals surface area contributed by atoms with Crippen LogP contribution in [0.3, 0.4) is 0 Å². The summed E-state index contributed by atoms with van der Waals surface area (Å²) in [5.74, 6) is 0.161. The summed E-state index contributed by atoms with van der Waals surface area (Å²) in [6.07, 6.45) is 4.16. The third-order valence-corrected chi connectivity index (χ3v) is 4.95. The quantitative estimate of drug-likeness (QED) is 0.537. The molecule has 1 fully saturated rings. The van der Waals surface area contributed by atoms with Gasteiger partial charge in [0.15, 0.2) is 0 Å². The van der Waals surface area contributed by atoms with Crippen LogP contribution in [0.5, 0.6) is 0 Å². The Morgan fingerprint density at radius 1 is 1.41 bits per heavy atom. The molecule has 1 amide bonds. The molecule has 0 radical (unpaired) electrons. The molecule has 2 aromatic heterocycles. The van der Waals surface area contributed by atoms with E-state index in [-0.39, 0.29) is 5.91 Å². The monoisotopic (exact) mass is 428 g/mol. The van der Waals surface area contributed by atoms with Crippen LogP contribution in [-0.2, 0) is 4.79 Å². The maximum Gasteiger partial charge on any atom is 0.222 e. The van der Waals surface area contributed by atoms with Crippen molar-refractivity contribution < 1.29 is 4.79 Å². The number of anilines is 1. The normalized spacial score (nSPS) is 14.9. The van der Waals surface area contributed by atoms with Gasteiger partial charge in [-0.05, 0) is 53.4 Å². The van der Waals surface area contributed by atoms with E-state index < -0.39 is 5.92 Å². The van der Waals surface area contributed by atoms with Crippen LogP contribution in [0, 0.1) is 18.3 Å². The number of likely N-dealkylation sites (tertiary alicyclic amines) is 1. The van der Waals surface area contributed by atoms with Crippen molar-refractivity contribution in [3.63, 3.8) is 0 Å². The largest absolute Gasteiger partial charge is 0.354 e. The fraction of sp³-hybridized carbons (Fsp3) is 0.421. The molecule has 140 valence electrons. The van der Waals surface area contributed by atoms with Gasteiger partial charge in [-0.15, -0.1) is 0 Å². The Bertz CT molecular complexity index is 866. The van der Waals surface area contributed by atoms with Crippen LogP contribution in [-0.4, -0.2) is 45.4 Å². The van der Waals surface area contributed by atoms with Crippen LogP contribution in [0.1, 0.15) is 42.1 Å². The van der Waals surface area contributed by atoms with Crippen molar-refractivity contribution >= 4 is 27.8 Å². The summed E-state index contributed by atoms with van der Waals surface area (Å²) in [4.78, 5) is 26.8. The second-order valence-electron chi connectivity index (χ2n) is 6.47. The number of aromatic nitrogens is 3. The summed E-state index contributed by atoms with van der Waals surface area (Å²) < 4.78 is 0.682. The Hall–Kier alpha value is -2.53. The van der Waals surface area contributed by atoms with E-state index in [4.69, 9.17) is 0 Å². The molecular weight excluding hydrogens is 408 g/mol. The first-order valence-electron chi connectivity index (χ1n) is 8.95. The molecule has 3 heterocycles. The summed E-state index contributed by atoms with van der Waals surface area (Å²) in [7, 11) is 0. The summed E-state index contributed by atoms with van der Waals surface area (Å²) in [6, 6.07) is 7.79. The number of pyridine rings is 1. The highest BCUT2D eigenvalue weighted by molar-refractivity contribution is 9.10. The van der Waals surface area contributed by atoms with E-state index in [1.165, 1.54) is 0 Å². The average molecular weight is 429 g/mol. The van der Waals surface area contributed by atoms with Gasteiger partial charge in [0, 0.05) is 32.3 Å². The molecule has 7 nitrogen and oxygen atoms in total. The minimum atomic E-state index is -0.562. The number of carbonyl (C=O) groups excluding carboxylic acids is 1. The third-order valence-electron chi connectivity index (χ3n) is 4.51. The second kappa shape index (κ2) is 8.91. The van der Waals surface area contributed by atoms with Gasteiger partial charge in [0.25, 0.3) is 0 Å². The van der Waals surface area contributed by atoms with Crippen molar-refractivity contribution in [3.05, 3.63) is 46.0 Å². The van der Waals surface area contributed by atoms with E-state index in [0.29, 0.717) is 34.9 Å². The fourth-order valence-electron chi connectivity index (χ4n) is 3.10. The zero-order chi connectivity index (χ0) is 19.2. The molecule has 1 unspecified atom stereocenters. The number of hydrogen-bond acceptors (Lipinski definition) is 6. The zero-order valence-electron chi connectivity index (χ0n) is 15.2. The molecule has 0 bridgehead atoms. The van der Waals surface area contributed by atoms with E-state index in [0.717, 1.165) is 31.5 Å². The summed E-state index contributed by atoms with van der Waals surface area (Å²) in [6.45, 7) is 4.15. The highest BCUT2D eigenvalue weighted by Crippen LogP contribution is 2.25. The van der Waals surface area contributed by atoms with Crippen molar-refractivity contribution in [2.75, 3.05) is 25.0 Å². The first kappa shape index (κ1) is 19.2. The molecule has 0 aliphatic carbocycles. The standard InChI is InChI=1S/C19H21BrN6O/c1-13-12-23-19(22-8-4-10-26-9-3-7-17(26)27)25-18(13)14(11-21)15-5-2-6-16(20)24-15/h2,5-6,12,14H,3-4,7-10H2,1H3,(H,22,23,25). The van der Waals surface area contributed by atoms with Gasteiger partial charge in [-0.1, -0.05) is 6.07 Å². The highest BCUT2D eigenvalue weighted by Gasteiger charge is 2.21. The zero-order valence-corrected chi connectivity index (χ0v) is 16.7. The Morgan fingerprint density at radius 3 is 2.96 bits per heavy atom. The number of aryl methyl sites for hydroxylation is 1. The lowest BCUT2D eigenvalue weighted by Gasteiger charge is -2.16. The van der Waals surface area contributed by atoms with Crippen molar-refractivity contribution in [3.8, 4) is 6.07 Å². The predicted molar refractivity (Wildman–Crippen MR) is 105 cm³/mol. The van der Waals surface area contributed by atoms with Crippen LogP contribution in [0.2, 0.25) is 0 Å². The number of halogens is 1. The molecule has 1 saturated heterocycles. The number of nitriles is 1. The minimum Gasteiger partial charge on any atom is -0.354 e. The van der Waals surface area contributed by atoms with E-state index >= 15 is 0 Å². The Kier molecular flexibility index (Phi) is 6.35. The van der Waals surface area contributed by atoms with Gasteiger partial charge in [-0.2, -0.15) is 5.26 Å². The van der Waals surface area contributed by atoms with E-state index in [1.54, 1.807) is 6.20 Å². The lowest BCUT2D eigenvalue weighted by atomic mass is 9.99. The van der Waals surface area contributed by atoms with Crippen molar-refractivity contribution in [1.82, 2.24) is 19.9 Å². The van der Waals surface area contributed by atoms with Gasteiger partial charge in [0.2, 0.25) is 11.9 Å². The average Bonchev–Trinajstić information content (AvgIpc) is 3.07. The third kappa shape index (κ3) is 4.80. The van der Waals surface area contributed by atoms with Crippen LogP contribution >= 0.6 is 15.9 Å². The van der Waals surface area contributed by atoms with E-state index in [1.807, 2.05) is 30.0 Å². The topological polar surface area (TPSA) is 94.8 Å². The second-order valence-corrected chi connectivity index (χ2v) is 7.29. The molecule has 3 rings (SSSR count). The number of amides is 1. The Balaban J connectivity index is 1.66. The molecule has 0 spiro atoms. The van der Waals surface area contributed by atoms with Crippen molar-refractivity contribution in [2.45, 2.75) is 32.1 Å². The molecule has 1 aliphatic rings. The summed E-state index contributed by atoms with van der Waals surface area (Å²) in [5, 5.41) is 12.9. The molecule has 1 N–H and O–H groups in total. The van der Waals surface area contributed by atoms with Gasteiger partial charge < -0.3 is 10.2 Å². The molecule has 1 aliphatic heterocycles. The van der Waals surface area contributed by atoms with Gasteiger partial charge in [0.1, 0.15) is 10.5 Å². The van der Waals surface area contributed by atoms with Gasteiger partial charge in [0.05, 0.1) is 17.5 Å². The first-order valence-corrected chi connectivity index (χ1v) is 9.75. The number of nitrogens with one attached hydrogen (secondary N) is 1. The van der Waals surface area contributed by atoms with E-state index in [9.17, 15) is 10.1 Å². The highest BCUT2D eigenvalue weighted by atomic mass is 79.9. The van der Waals surface area contributed by atoms with Gasteiger partial charge in [-0.3, -0.25) is 4.79 Å². The molecule has 2 aromatic rings. The number of rotatable bonds is 7. The lowest BCUT2D eigenvalue weighted by molar-refractivity contribution is -0.127. The molecular formula is C19H21BrN6O. The summed E-state index contributed by atoms with van der Waals surface area (Å²) in [5.41, 5.74) is 2.14. The van der Waals surface area contributed by atoms with Crippen LogP contribution in [0.4, 0.5) is 5.95 Å². The van der Waals surface area contributed by atoms with Gasteiger partial charge in [-0.25, -0.2) is 15.0 Å². The van der Waals surface area contributed by atoms with Crippen molar-refractivity contribution in [1.29, 1.82) is 5.26 Å². The maximum atomic E-state index is 11.6. The van der Waals surface area contributed by atoms with Crippen LogP contribution in [0.15, 0.2) is 29.0 Å². The number of nitrogens with zero attached hydrogens (tertiary/aromatic N) is 5. The maximum absolute atomic E-state index is 11.6. The lowest BCUT2D eigenvalue weighted by Crippen LogP contribution is -2.27. The Morgan fingerprint density at radius 2 is 2.26 bits per heavy atom. The molecule has 27 heavy (non-hydrogen) atoms. The number of hydrogen-bond donors (Lipinski definition) is 1. The SMILES string of the molecule is Cc1cnc(NCCCN2CCCC2=O)nc1C(C#N)c1cccc(Br)n1. The van der Waals surface area contributed by atoms with Crippen LogP contribution < -0.4 is 5.32 Å². The first-order chi connectivity index (χ1) is 13.1. The molecule has 8 heteroatoms. The van der Waals surface area contributed by atoms with Crippen molar-refractivity contribution in [2.24, 2.45) is 0 Å². The summed E-state index contributed by atoms with van der Waals surface area (Å²) >= 11 is 3.35. The van der Waals surface area contributed by atoms with Gasteiger partial charge >= 0.3 is 0 Å². The molecule has 1 atom stereocenters. The fourth-order valence-corrected chi connectivity index (χ4v) is 3.45. The van der Waals surface area contributed by atoms with E-state index in [2.05, 4.69) is 42.3 Å².